The van der Waals surface area contributed by atoms with E-state index in [9.17, 15) is 4.79 Å². The van der Waals surface area contributed by atoms with Gasteiger partial charge in [-0.3, -0.25) is 4.79 Å². The molecule has 0 aliphatic carbocycles. The van der Waals surface area contributed by atoms with E-state index < -0.39 is 6.04 Å². The lowest BCUT2D eigenvalue weighted by Crippen LogP contribution is -2.49. The van der Waals surface area contributed by atoms with Gasteiger partial charge in [-0.15, -0.1) is 5.10 Å². The van der Waals surface area contributed by atoms with Crippen molar-refractivity contribution in [3.8, 4) is 0 Å². The van der Waals surface area contributed by atoms with Crippen LogP contribution in [0.5, 0.6) is 0 Å². The molecule has 0 saturated carbocycles. The Morgan fingerprint density at radius 3 is 3.30 bits per heavy atom. The molecule has 2 rings (SSSR count). The minimum Gasteiger partial charge on any atom is -0.315 e. The molecule has 0 fully saturated rings. The van der Waals surface area contributed by atoms with E-state index in [1.54, 1.807) is 0 Å². The molecule has 2 aliphatic rings. The molecular weight excluding hydrogens is 134 g/mol. The predicted molar refractivity (Wildman–Crippen MR) is 34.1 cm³/mol. The molecule has 0 aromatic heterocycles. The number of hydrogen-bond donors (Lipinski definition) is 3. The summed E-state index contributed by atoms with van der Waals surface area (Å²) in [7, 11) is 0. The lowest BCUT2D eigenvalue weighted by atomic mass is 10.2. The summed E-state index contributed by atoms with van der Waals surface area (Å²) in [6.45, 7) is 0. The number of nitrogens with zero attached hydrogens (tertiary/aromatic N) is 2. The third-order valence-electron chi connectivity index (χ3n) is 1.30. The quantitative estimate of drug-likeness (QED) is 0.361. The SMILES string of the molecule is O=C1NC=NC2=NNNC12. The van der Waals surface area contributed by atoms with Crippen LogP contribution in [0.4, 0.5) is 0 Å². The van der Waals surface area contributed by atoms with Crippen LogP contribution >= 0.6 is 0 Å². The second kappa shape index (κ2) is 1.77. The van der Waals surface area contributed by atoms with E-state index in [-0.39, 0.29) is 5.91 Å². The average molecular weight is 139 g/mol. The van der Waals surface area contributed by atoms with Gasteiger partial charge in [0, 0.05) is 0 Å². The van der Waals surface area contributed by atoms with Crippen molar-refractivity contribution in [2.75, 3.05) is 0 Å². The lowest BCUT2D eigenvalue weighted by molar-refractivity contribution is -0.120. The first-order valence-corrected chi connectivity index (χ1v) is 2.79. The van der Waals surface area contributed by atoms with E-state index in [0.29, 0.717) is 5.84 Å². The molecule has 0 saturated heterocycles. The Balaban J connectivity index is 2.34. The van der Waals surface area contributed by atoms with Crippen molar-refractivity contribution in [1.82, 2.24) is 16.3 Å². The third kappa shape index (κ3) is 0.591. The van der Waals surface area contributed by atoms with E-state index in [1.165, 1.54) is 6.34 Å². The maximum atomic E-state index is 10.9. The molecule has 0 radical (unpaired) electrons. The minimum absolute atomic E-state index is 0.140. The van der Waals surface area contributed by atoms with Crippen molar-refractivity contribution in [1.29, 1.82) is 0 Å². The lowest BCUT2D eigenvalue weighted by Gasteiger charge is -2.10. The van der Waals surface area contributed by atoms with Crippen molar-refractivity contribution in [3.05, 3.63) is 0 Å². The van der Waals surface area contributed by atoms with Crippen LogP contribution in [0.2, 0.25) is 0 Å². The molecule has 0 aromatic carbocycles. The van der Waals surface area contributed by atoms with Crippen molar-refractivity contribution >= 4 is 18.1 Å². The van der Waals surface area contributed by atoms with Crippen LogP contribution in [0, 0.1) is 0 Å². The Hall–Kier alpha value is -1.43. The number of amides is 1. The zero-order chi connectivity index (χ0) is 6.97. The number of fused-ring (bicyclic) bond motifs is 1. The molecule has 6 heteroatoms. The smallest absolute Gasteiger partial charge is 0.252 e. The summed E-state index contributed by atoms with van der Waals surface area (Å²) in [6, 6.07) is -0.426. The number of hydrogen-bond acceptors (Lipinski definition) is 5. The van der Waals surface area contributed by atoms with Crippen molar-refractivity contribution < 1.29 is 4.79 Å². The first-order valence-electron chi connectivity index (χ1n) is 2.79. The Morgan fingerprint density at radius 2 is 2.50 bits per heavy atom. The van der Waals surface area contributed by atoms with Gasteiger partial charge in [-0.05, 0) is 0 Å². The fourth-order valence-corrected chi connectivity index (χ4v) is 0.815. The largest absolute Gasteiger partial charge is 0.315 e. The van der Waals surface area contributed by atoms with Crippen LogP contribution in [-0.2, 0) is 4.79 Å². The molecule has 10 heavy (non-hydrogen) atoms. The molecule has 0 bridgehead atoms. The van der Waals surface area contributed by atoms with Crippen LogP contribution in [-0.4, -0.2) is 24.1 Å². The third-order valence-corrected chi connectivity index (χ3v) is 1.30. The number of amidine groups is 1. The number of rotatable bonds is 0. The highest BCUT2D eigenvalue weighted by molar-refractivity contribution is 6.16. The zero-order valence-corrected chi connectivity index (χ0v) is 4.96. The zero-order valence-electron chi connectivity index (χ0n) is 4.96. The highest BCUT2D eigenvalue weighted by Gasteiger charge is 2.29. The summed E-state index contributed by atoms with van der Waals surface area (Å²) < 4.78 is 0. The van der Waals surface area contributed by atoms with Crippen LogP contribution in [0.1, 0.15) is 0 Å². The van der Waals surface area contributed by atoms with E-state index in [1.807, 2.05) is 0 Å². The highest BCUT2D eigenvalue weighted by atomic mass is 16.2. The molecule has 52 valence electrons. The number of carbonyl (C=O) groups is 1. The van der Waals surface area contributed by atoms with Crippen molar-refractivity contribution in [2.45, 2.75) is 6.04 Å². The minimum atomic E-state index is -0.426. The molecule has 2 heterocycles. The van der Waals surface area contributed by atoms with Crippen molar-refractivity contribution in [2.24, 2.45) is 10.1 Å². The number of hydrazone groups is 1. The molecule has 3 N–H and O–H groups in total. The molecule has 1 atom stereocenters. The normalized spacial score (nSPS) is 28.6. The van der Waals surface area contributed by atoms with Crippen LogP contribution in [0.25, 0.3) is 0 Å². The number of nitrogens with one attached hydrogen (secondary N) is 3. The topological polar surface area (TPSA) is 77.9 Å². The van der Waals surface area contributed by atoms with Gasteiger partial charge in [0.2, 0.25) is 0 Å². The standard InChI is InChI=1S/C4H5N5O/c10-4-2-3(5-1-6-4)8-9-7-2/h1-2,7,9H,(H,5,6,8,10). The number of hydrazine groups is 1. The molecule has 0 spiro atoms. The summed E-state index contributed by atoms with van der Waals surface area (Å²) in [5.41, 5.74) is 5.09. The fourth-order valence-electron chi connectivity index (χ4n) is 0.815. The van der Waals surface area contributed by atoms with Gasteiger partial charge in [0.25, 0.3) is 5.91 Å². The maximum Gasteiger partial charge on any atom is 0.252 e. The highest BCUT2D eigenvalue weighted by Crippen LogP contribution is 1.98. The van der Waals surface area contributed by atoms with Crippen molar-refractivity contribution in [3.63, 3.8) is 0 Å². The van der Waals surface area contributed by atoms with Crippen LogP contribution < -0.4 is 16.3 Å². The second-order valence-corrected chi connectivity index (χ2v) is 1.93. The number of carbonyl (C=O) groups excluding carboxylic acids is 1. The molecule has 2 aliphatic heterocycles. The van der Waals surface area contributed by atoms with Gasteiger partial charge in [-0.25, -0.2) is 16.0 Å². The van der Waals surface area contributed by atoms with E-state index in [2.05, 4.69) is 26.4 Å². The van der Waals surface area contributed by atoms with E-state index in [4.69, 9.17) is 0 Å². The van der Waals surface area contributed by atoms with Gasteiger partial charge < -0.3 is 5.32 Å². The fraction of sp³-hybridized carbons (Fsp3) is 0.250. The van der Waals surface area contributed by atoms with Gasteiger partial charge in [0.15, 0.2) is 11.9 Å². The summed E-state index contributed by atoms with van der Waals surface area (Å²) in [5.74, 6) is 0.336. The van der Waals surface area contributed by atoms with Gasteiger partial charge >= 0.3 is 0 Å². The predicted octanol–water partition coefficient (Wildman–Crippen LogP) is -2.07. The second-order valence-electron chi connectivity index (χ2n) is 1.93. The van der Waals surface area contributed by atoms with Gasteiger partial charge in [0.05, 0.1) is 6.34 Å². The Labute approximate surface area is 56.4 Å². The summed E-state index contributed by atoms with van der Waals surface area (Å²) >= 11 is 0. The van der Waals surface area contributed by atoms with Gasteiger partial charge in [-0.1, -0.05) is 0 Å². The monoisotopic (exact) mass is 139 g/mol. The first-order chi connectivity index (χ1) is 4.88. The molecular formula is C4H5N5O. The molecule has 6 nitrogen and oxygen atoms in total. The van der Waals surface area contributed by atoms with E-state index >= 15 is 0 Å². The van der Waals surface area contributed by atoms with Gasteiger partial charge in [0.1, 0.15) is 0 Å². The van der Waals surface area contributed by atoms with Gasteiger partial charge in [-0.2, -0.15) is 0 Å². The molecule has 1 amide bonds. The molecule has 1 unspecified atom stereocenters. The van der Waals surface area contributed by atoms with E-state index in [0.717, 1.165) is 0 Å². The maximum absolute atomic E-state index is 10.9. The summed E-state index contributed by atoms with van der Waals surface area (Å²) in [4.78, 5) is 14.7. The van der Waals surface area contributed by atoms with Crippen LogP contribution in [0.15, 0.2) is 10.1 Å². The number of aliphatic imine (C=N–C) groups is 1. The Morgan fingerprint density at radius 1 is 1.60 bits per heavy atom. The van der Waals surface area contributed by atoms with Crippen LogP contribution in [0.3, 0.4) is 0 Å². The Bertz CT molecular complexity index is 232. The Kier molecular flexibility index (Phi) is 0.952. The average Bonchev–Trinajstić information content (AvgIpc) is 2.36. The molecule has 0 aromatic rings. The summed E-state index contributed by atoms with van der Waals surface area (Å²) in [5, 5.41) is 6.14. The first kappa shape index (κ1) is 5.36. The summed E-state index contributed by atoms with van der Waals surface area (Å²) in [6.07, 6.45) is 1.33.